The zero-order valence-corrected chi connectivity index (χ0v) is 13.5. The van der Waals surface area contributed by atoms with E-state index >= 15 is 0 Å². The van der Waals surface area contributed by atoms with Gasteiger partial charge in [-0.2, -0.15) is 0 Å². The van der Waals surface area contributed by atoms with Gasteiger partial charge in [0.2, 0.25) is 0 Å². The van der Waals surface area contributed by atoms with Crippen LogP contribution in [0.25, 0.3) is 0 Å². The SMILES string of the molecule is CCN1CCN(CC2CN(c3ccc(C)cc3)C(=O)O2)CC1. The molecule has 0 aromatic heterocycles. The van der Waals surface area contributed by atoms with Crippen LogP contribution >= 0.6 is 0 Å². The van der Waals surface area contributed by atoms with Crippen molar-refractivity contribution < 1.29 is 9.53 Å². The Labute approximate surface area is 132 Å². The number of aryl methyl sites for hydroxylation is 1. The summed E-state index contributed by atoms with van der Waals surface area (Å²) in [5.74, 6) is 0. The standard InChI is InChI=1S/C17H25N3O2/c1-3-18-8-10-19(11-9-18)12-16-13-20(17(21)22-16)15-6-4-14(2)5-7-15/h4-7,16H,3,8-13H2,1-2H3. The van der Waals surface area contributed by atoms with Crippen molar-refractivity contribution in [2.45, 2.75) is 20.0 Å². The number of rotatable bonds is 4. The van der Waals surface area contributed by atoms with Crippen LogP contribution in [0, 0.1) is 6.92 Å². The number of anilines is 1. The lowest BCUT2D eigenvalue weighted by atomic mass is 10.2. The van der Waals surface area contributed by atoms with Crippen molar-refractivity contribution in [2.75, 3.05) is 50.7 Å². The number of cyclic esters (lactones) is 1. The van der Waals surface area contributed by atoms with Crippen LogP contribution in [-0.4, -0.2) is 67.8 Å². The zero-order chi connectivity index (χ0) is 15.5. The molecule has 5 heteroatoms. The first-order valence-electron chi connectivity index (χ1n) is 8.15. The Hall–Kier alpha value is -1.59. The van der Waals surface area contributed by atoms with Gasteiger partial charge in [-0.3, -0.25) is 9.80 Å². The lowest BCUT2D eigenvalue weighted by Gasteiger charge is -2.34. The fourth-order valence-corrected chi connectivity index (χ4v) is 3.13. The Morgan fingerprint density at radius 3 is 2.36 bits per heavy atom. The summed E-state index contributed by atoms with van der Waals surface area (Å²) >= 11 is 0. The first kappa shape index (κ1) is 15.3. The number of piperazine rings is 1. The van der Waals surface area contributed by atoms with Crippen molar-refractivity contribution in [2.24, 2.45) is 0 Å². The molecule has 1 unspecified atom stereocenters. The molecule has 0 spiro atoms. The molecular formula is C17H25N3O2. The van der Waals surface area contributed by atoms with Crippen LogP contribution in [0.2, 0.25) is 0 Å². The molecule has 1 amide bonds. The summed E-state index contributed by atoms with van der Waals surface area (Å²) in [6.45, 7) is 11.2. The molecule has 1 aromatic carbocycles. The Bertz CT molecular complexity index is 509. The quantitative estimate of drug-likeness (QED) is 0.852. The third-order valence-corrected chi connectivity index (χ3v) is 4.59. The topological polar surface area (TPSA) is 36.0 Å². The van der Waals surface area contributed by atoms with Crippen LogP contribution in [0.5, 0.6) is 0 Å². The van der Waals surface area contributed by atoms with Crippen molar-refractivity contribution in [3.63, 3.8) is 0 Å². The van der Waals surface area contributed by atoms with Gasteiger partial charge in [-0.15, -0.1) is 0 Å². The lowest BCUT2D eigenvalue weighted by molar-refractivity contribution is 0.0786. The minimum atomic E-state index is -0.221. The third-order valence-electron chi connectivity index (χ3n) is 4.59. The minimum absolute atomic E-state index is 0.0259. The molecule has 22 heavy (non-hydrogen) atoms. The predicted molar refractivity (Wildman–Crippen MR) is 87.3 cm³/mol. The summed E-state index contributed by atoms with van der Waals surface area (Å²) in [6, 6.07) is 8.03. The van der Waals surface area contributed by atoms with E-state index in [2.05, 4.69) is 16.7 Å². The van der Waals surface area contributed by atoms with Gasteiger partial charge in [0.15, 0.2) is 0 Å². The first-order valence-corrected chi connectivity index (χ1v) is 8.15. The fourth-order valence-electron chi connectivity index (χ4n) is 3.13. The van der Waals surface area contributed by atoms with Gasteiger partial charge < -0.3 is 9.64 Å². The number of hydrogen-bond acceptors (Lipinski definition) is 4. The van der Waals surface area contributed by atoms with Gasteiger partial charge in [-0.05, 0) is 25.6 Å². The number of hydrogen-bond donors (Lipinski definition) is 0. The molecule has 2 aliphatic heterocycles. The number of nitrogens with zero attached hydrogens (tertiary/aromatic N) is 3. The molecular weight excluding hydrogens is 278 g/mol. The van der Waals surface area contributed by atoms with Gasteiger partial charge >= 0.3 is 6.09 Å². The Morgan fingerprint density at radius 1 is 1.09 bits per heavy atom. The second kappa shape index (κ2) is 6.67. The van der Waals surface area contributed by atoms with Crippen LogP contribution in [-0.2, 0) is 4.74 Å². The second-order valence-electron chi connectivity index (χ2n) is 6.19. The van der Waals surface area contributed by atoms with Crippen LogP contribution < -0.4 is 4.90 Å². The third kappa shape index (κ3) is 3.42. The van der Waals surface area contributed by atoms with Gasteiger partial charge in [0, 0.05) is 38.4 Å². The molecule has 2 aliphatic rings. The van der Waals surface area contributed by atoms with Gasteiger partial charge in [-0.1, -0.05) is 24.6 Å². The number of benzene rings is 1. The van der Waals surface area contributed by atoms with E-state index in [0.717, 1.165) is 45.0 Å². The molecule has 2 heterocycles. The normalized spacial score (nSPS) is 23.8. The summed E-state index contributed by atoms with van der Waals surface area (Å²) in [4.78, 5) is 18.7. The van der Waals surface area contributed by atoms with Gasteiger partial charge in [-0.25, -0.2) is 4.79 Å². The largest absolute Gasteiger partial charge is 0.443 e. The average molecular weight is 303 g/mol. The maximum atomic E-state index is 12.1. The minimum Gasteiger partial charge on any atom is -0.443 e. The van der Waals surface area contributed by atoms with Crippen molar-refractivity contribution in [3.05, 3.63) is 29.8 Å². The molecule has 5 nitrogen and oxygen atoms in total. The molecule has 0 saturated carbocycles. The highest BCUT2D eigenvalue weighted by Crippen LogP contribution is 2.22. The Morgan fingerprint density at radius 2 is 1.73 bits per heavy atom. The van der Waals surface area contributed by atoms with E-state index in [9.17, 15) is 4.79 Å². The van der Waals surface area contributed by atoms with E-state index < -0.39 is 0 Å². The van der Waals surface area contributed by atoms with Gasteiger partial charge in [0.05, 0.1) is 6.54 Å². The van der Waals surface area contributed by atoms with Crippen LogP contribution in [0.3, 0.4) is 0 Å². The number of amides is 1. The maximum Gasteiger partial charge on any atom is 0.414 e. The van der Waals surface area contributed by atoms with Crippen LogP contribution in [0.4, 0.5) is 10.5 Å². The van der Waals surface area contributed by atoms with E-state index in [-0.39, 0.29) is 12.2 Å². The van der Waals surface area contributed by atoms with E-state index in [4.69, 9.17) is 4.74 Å². The Kier molecular flexibility index (Phi) is 4.64. The van der Waals surface area contributed by atoms with E-state index in [0.29, 0.717) is 6.54 Å². The zero-order valence-electron chi connectivity index (χ0n) is 13.5. The van der Waals surface area contributed by atoms with Crippen molar-refractivity contribution in [1.82, 2.24) is 9.80 Å². The van der Waals surface area contributed by atoms with Gasteiger partial charge in [0.1, 0.15) is 6.10 Å². The van der Waals surface area contributed by atoms with E-state index in [1.807, 2.05) is 31.2 Å². The predicted octanol–water partition coefficient (Wildman–Crippen LogP) is 1.96. The molecule has 2 saturated heterocycles. The summed E-state index contributed by atoms with van der Waals surface area (Å²) in [6.07, 6.45) is -0.247. The summed E-state index contributed by atoms with van der Waals surface area (Å²) in [7, 11) is 0. The van der Waals surface area contributed by atoms with Crippen molar-refractivity contribution >= 4 is 11.8 Å². The molecule has 1 atom stereocenters. The summed E-state index contributed by atoms with van der Waals surface area (Å²) in [5.41, 5.74) is 2.12. The number of carbonyl (C=O) groups excluding carboxylic acids is 1. The molecule has 2 fully saturated rings. The molecule has 0 N–H and O–H groups in total. The summed E-state index contributed by atoms with van der Waals surface area (Å²) < 4.78 is 5.55. The highest BCUT2D eigenvalue weighted by atomic mass is 16.6. The molecule has 1 aromatic rings. The highest BCUT2D eigenvalue weighted by Gasteiger charge is 2.33. The highest BCUT2D eigenvalue weighted by molar-refractivity contribution is 5.89. The van der Waals surface area contributed by atoms with Crippen molar-refractivity contribution in [1.29, 1.82) is 0 Å². The lowest BCUT2D eigenvalue weighted by Crippen LogP contribution is -2.48. The molecule has 0 aliphatic carbocycles. The fraction of sp³-hybridized carbons (Fsp3) is 0.588. The number of carbonyl (C=O) groups is 1. The van der Waals surface area contributed by atoms with Gasteiger partial charge in [0.25, 0.3) is 0 Å². The first-order chi connectivity index (χ1) is 10.7. The van der Waals surface area contributed by atoms with Crippen molar-refractivity contribution in [3.8, 4) is 0 Å². The smallest absolute Gasteiger partial charge is 0.414 e. The molecule has 3 rings (SSSR count). The van der Waals surface area contributed by atoms with E-state index in [1.54, 1.807) is 4.90 Å². The summed E-state index contributed by atoms with van der Waals surface area (Å²) in [5, 5.41) is 0. The molecule has 120 valence electrons. The Balaban J connectivity index is 1.55. The van der Waals surface area contributed by atoms with E-state index in [1.165, 1.54) is 5.56 Å². The molecule has 0 radical (unpaired) electrons. The maximum absolute atomic E-state index is 12.1. The number of ether oxygens (including phenoxy) is 1. The second-order valence-corrected chi connectivity index (χ2v) is 6.19. The number of likely N-dealkylation sites (N-methyl/N-ethyl adjacent to an activating group) is 1. The monoisotopic (exact) mass is 303 g/mol. The van der Waals surface area contributed by atoms with Crippen LogP contribution in [0.15, 0.2) is 24.3 Å². The van der Waals surface area contributed by atoms with Crippen LogP contribution in [0.1, 0.15) is 12.5 Å². The average Bonchev–Trinajstić information content (AvgIpc) is 2.89. The molecule has 0 bridgehead atoms.